The Hall–Kier alpha value is -0.610. The first-order chi connectivity index (χ1) is 7.83. The molecular formula is C12H24N2O2. The lowest BCUT2D eigenvalue weighted by Crippen LogP contribution is -2.28. The lowest BCUT2D eigenvalue weighted by Gasteiger charge is -2.09. The van der Waals surface area contributed by atoms with Crippen LogP contribution >= 0.6 is 0 Å². The minimum absolute atomic E-state index is 0.133. The van der Waals surface area contributed by atoms with Crippen molar-refractivity contribution in [2.24, 2.45) is 0 Å². The Morgan fingerprint density at radius 1 is 1.44 bits per heavy atom. The number of carbonyl (C=O) groups excluding carboxylic acids is 1. The molecule has 1 heterocycles. The van der Waals surface area contributed by atoms with Gasteiger partial charge < -0.3 is 15.4 Å². The van der Waals surface area contributed by atoms with E-state index >= 15 is 0 Å². The van der Waals surface area contributed by atoms with E-state index in [1.54, 1.807) is 0 Å². The quantitative estimate of drug-likeness (QED) is 0.611. The number of nitrogens with one attached hydrogen (secondary N) is 2. The largest absolute Gasteiger partial charge is 0.378 e. The second kappa shape index (κ2) is 8.53. The third-order valence-electron chi connectivity index (χ3n) is 2.81. The van der Waals surface area contributed by atoms with Crippen molar-refractivity contribution in [3.8, 4) is 0 Å². The molecule has 0 spiro atoms. The van der Waals surface area contributed by atoms with Gasteiger partial charge in [-0.05, 0) is 39.2 Å². The molecule has 1 aliphatic rings. The minimum atomic E-state index is 0.133. The Balaban J connectivity index is 1.82. The average molecular weight is 228 g/mol. The van der Waals surface area contributed by atoms with Gasteiger partial charge in [0.15, 0.2) is 0 Å². The third kappa shape index (κ3) is 6.08. The van der Waals surface area contributed by atoms with Gasteiger partial charge in [-0.1, -0.05) is 0 Å². The summed E-state index contributed by atoms with van der Waals surface area (Å²) < 4.78 is 5.54. The molecule has 0 saturated carbocycles. The molecule has 0 aromatic rings. The fourth-order valence-electron chi connectivity index (χ4n) is 1.94. The van der Waals surface area contributed by atoms with E-state index in [0.29, 0.717) is 12.5 Å². The van der Waals surface area contributed by atoms with Crippen LogP contribution in [0.3, 0.4) is 0 Å². The van der Waals surface area contributed by atoms with E-state index in [2.05, 4.69) is 10.6 Å². The predicted molar refractivity (Wildman–Crippen MR) is 64.4 cm³/mol. The Bertz CT molecular complexity index is 191. The normalized spacial score (nSPS) is 19.9. The molecule has 1 unspecified atom stereocenters. The van der Waals surface area contributed by atoms with Gasteiger partial charge in [-0.3, -0.25) is 4.79 Å². The van der Waals surface area contributed by atoms with Gasteiger partial charge in [-0.2, -0.15) is 0 Å². The molecule has 1 aliphatic heterocycles. The zero-order chi connectivity index (χ0) is 11.6. The Kier molecular flexibility index (Phi) is 7.17. The highest BCUT2D eigenvalue weighted by Gasteiger charge is 2.14. The molecule has 94 valence electrons. The molecule has 1 amide bonds. The Morgan fingerprint density at radius 2 is 2.31 bits per heavy atom. The number of hydrogen-bond acceptors (Lipinski definition) is 3. The summed E-state index contributed by atoms with van der Waals surface area (Å²) in [6.07, 6.45) is 5.79. The lowest BCUT2D eigenvalue weighted by molar-refractivity contribution is -0.120. The predicted octanol–water partition coefficient (Wildman–Crippen LogP) is 1.06. The maximum absolute atomic E-state index is 11.1. The van der Waals surface area contributed by atoms with Crippen molar-refractivity contribution < 1.29 is 9.53 Å². The van der Waals surface area contributed by atoms with E-state index in [1.807, 2.05) is 6.92 Å². The highest BCUT2D eigenvalue weighted by atomic mass is 16.5. The van der Waals surface area contributed by atoms with Crippen LogP contribution in [0.15, 0.2) is 0 Å². The van der Waals surface area contributed by atoms with Crippen LogP contribution in [0.4, 0.5) is 0 Å². The molecule has 0 aromatic carbocycles. The summed E-state index contributed by atoms with van der Waals surface area (Å²) in [6.45, 7) is 5.36. The van der Waals surface area contributed by atoms with Crippen molar-refractivity contribution in [3.63, 3.8) is 0 Å². The van der Waals surface area contributed by atoms with Crippen LogP contribution in [0.2, 0.25) is 0 Å². The van der Waals surface area contributed by atoms with Crippen LogP contribution in [-0.4, -0.2) is 38.3 Å². The molecule has 0 aliphatic carbocycles. The van der Waals surface area contributed by atoms with E-state index in [0.717, 1.165) is 39.1 Å². The van der Waals surface area contributed by atoms with Gasteiger partial charge >= 0.3 is 0 Å². The molecule has 16 heavy (non-hydrogen) atoms. The Morgan fingerprint density at radius 3 is 3.00 bits per heavy atom. The maximum atomic E-state index is 11.1. The molecule has 0 aromatic heterocycles. The number of hydrogen-bond donors (Lipinski definition) is 2. The van der Waals surface area contributed by atoms with Crippen molar-refractivity contribution in [2.75, 3.05) is 26.2 Å². The second-order valence-corrected chi connectivity index (χ2v) is 4.23. The van der Waals surface area contributed by atoms with Gasteiger partial charge in [0.2, 0.25) is 5.91 Å². The zero-order valence-electron chi connectivity index (χ0n) is 10.3. The van der Waals surface area contributed by atoms with E-state index in [1.165, 1.54) is 12.8 Å². The number of amides is 1. The number of rotatable bonds is 8. The van der Waals surface area contributed by atoms with E-state index in [-0.39, 0.29) is 5.91 Å². The SMILES string of the molecule is CCNC(=O)CCNCCCC1CCCO1. The third-order valence-corrected chi connectivity index (χ3v) is 2.81. The first kappa shape index (κ1) is 13.5. The summed E-state index contributed by atoms with van der Waals surface area (Å²) in [5, 5.41) is 6.06. The summed E-state index contributed by atoms with van der Waals surface area (Å²) in [5.41, 5.74) is 0. The summed E-state index contributed by atoms with van der Waals surface area (Å²) in [5.74, 6) is 0.133. The van der Waals surface area contributed by atoms with Crippen molar-refractivity contribution in [1.82, 2.24) is 10.6 Å². The Labute approximate surface area is 98.1 Å². The standard InChI is InChI=1S/C12H24N2O2/c1-2-14-12(15)7-9-13-8-3-5-11-6-4-10-16-11/h11,13H,2-10H2,1H3,(H,14,15). The van der Waals surface area contributed by atoms with Crippen LogP contribution in [0, 0.1) is 0 Å². The molecule has 1 fully saturated rings. The van der Waals surface area contributed by atoms with Crippen LogP contribution in [0.25, 0.3) is 0 Å². The smallest absolute Gasteiger partial charge is 0.221 e. The van der Waals surface area contributed by atoms with E-state index < -0.39 is 0 Å². The lowest BCUT2D eigenvalue weighted by atomic mass is 10.1. The molecule has 1 atom stereocenters. The second-order valence-electron chi connectivity index (χ2n) is 4.23. The summed E-state index contributed by atoms with van der Waals surface area (Å²) in [4.78, 5) is 11.1. The molecule has 0 radical (unpaired) electrons. The first-order valence-electron chi connectivity index (χ1n) is 6.42. The van der Waals surface area contributed by atoms with Crippen LogP contribution < -0.4 is 10.6 Å². The summed E-state index contributed by atoms with van der Waals surface area (Å²) in [7, 11) is 0. The fourth-order valence-corrected chi connectivity index (χ4v) is 1.94. The molecule has 4 heteroatoms. The van der Waals surface area contributed by atoms with Crippen LogP contribution in [-0.2, 0) is 9.53 Å². The monoisotopic (exact) mass is 228 g/mol. The zero-order valence-corrected chi connectivity index (χ0v) is 10.3. The average Bonchev–Trinajstić information content (AvgIpc) is 2.76. The molecule has 4 nitrogen and oxygen atoms in total. The highest BCUT2D eigenvalue weighted by molar-refractivity contribution is 5.75. The van der Waals surface area contributed by atoms with Gasteiger partial charge in [0.25, 0.3) is 0 Å². The molecular weight excluding hydrogens is 204 g/mol. The maximum Gasteiger partial charge on any atom is 0.221 e. The topological polar surface area (TPSA) is 50.4 Å². The van der Waals surface area contributed by atoms with Crippen molar-refractivity contribution in [3.05, 3.63) is 0 Å². The van der Waals surface area contributed by atoms with Crippen molar-refractivity contribution in [1.29, 1.82) is 0 Å². The molecule has 2 N–H and O–H groups in total. The van der Waals surface area contributed by atoms with Gasteiger partial charge in [0.05, 0.1) is 6.10 Å². The fraction of sp³-hybridized carbons (Fsp3) is 0.917. The van der Waals surface area contributed by atoms with Gasteiger partial charge in [-0.15, -0.1) is 0 Å². The first-order valence-corrected chi connectivity index (χ1v) is 6.42. The summed E-state index contributed by atoms with van der Waals surface area (Å²) >= 11 is 0. The van der Waals surface area contributed by atoms with E-state index in [9.17, 15) is 4.79 Å². The van der Waals surface area contributed by atoms with Gasteiger partial charge in [0.1, 0.15) is 0 Å². The number of ether oxygens (including phenoxy) is 1. The minimum Gasteiger partial charge on any atom is -0.378 e. The van der Waals surface area contributed by atoms with Crippen LogP contribution in [0.5, 0.6) is 0 Å². The van der Waals surface area contributed by atoms with Gasteiger partial charge in [-0.25, -0.2) is 0 Å². The van der Waals surface area contributed by atoms with Crippen LogP contribution in [0.1, 0.15) is 39.0 Å². The van der Waals surface area contributed by atoms with Crippen molar-refractivity contribution in [2.45, 2.75) is 45.1 Å². The molecule has 1 rings (SSSR count). The molecule has 1 saturated heterocycles. The number of carbonyl (C=O) groups is 1. The molecule has 0 bridgehead atoms. The van der Waals surface area contributed by atoms with Crippen molar-refractivity contribution >= 4 is 5.91 Å². The summed E-state index contributed by atoms with van der Waals surface area (Å²) in [6, 6.07) is 0. The van der Waals surface area contributed by atoms with Gasteiger partial charge in [0, 0.05) is 26.1 Å². The highest BCUT2D eigenvalue weighted by Crippen LogP contribution is 2.16. The van der Waals surface area contributed by atoms with E-state index in [4.69, 9.17) is 4.74 Å².